The molecule has 2 N–H and O–H groups in total. The number of aromatic nitrogens is 3. The van der Waals surface area contributed by atoms with Crippen molar-refractivity contribution in [2.75, 3.05) is 18.8 Å². The largest absolute Gasteiger partial charge is 0.452 e. The number of nitrogens with zero attached hydrogens (tertiary/aromatic N) is 4. The Morgan fingerprint density at radius 3 is 2.75 bits per heavy atom. The van der Waals surface area contributed by atoms with E-state index in [-0.39, 0.29) is 11.9 Å². The third-order valence-electron chi connectivity index (χ3n) is 6.16. The summed E-state index contributed by atoms with van der Waals surface area (Å²) in [5, 5.41) is 5.51. The molecular formula is C25H23N5O2. The number of hydrogen-bond acceptors (Lipinski definition) is 5. The molecule has 3 aromatic heterocycles. The SMILES string of the molecule is C#CC(=O)N1CCC(n2cc(-c3cnc(N)c4oc(-c5ccccc5C)cc34)cn2)CC1. The number of likely N-dealkylation sites (tertiary alicyclic amines) is 1. The minimum atomic E-state index is -0.246. The number of hydrogen-bond donors (Lipinski definition) is 1. The number of furan rings is 1. The number of terminal acetylenes is 1. The summed E-state index contributed by atoms with van der Waals surface area (Å²) < 4.78 is 8.10. The van der Waals surface area contributed by atoms with E-state index in [1.807, 2.05) is 41.3 Å². The van der Waals surface area contributed by atoms with Crippen molar-refractivity contribution in [2.24, 2.45) is 0 Å². The predicted molar refractivity (Wildman–Crippen MR) is 123 cm³/mol. The van der Waals surface area contributed by atoms with Crippen LogP contribution in [-0.2, 0) is 4.79 Å². The Bertz CT molecular complexity index is 1350. The number of carbonyl (C=O) groups is 1. The molecule has 7 nitrogen and oxygen atoms in total. The first kappa shape index (κ1) is 19.9. The number of carbonyl (C=O) groups excluding carboxylic acids is 1. The Hall–Kier alpha value is -4.05. The van der Waals surface area contributed by atoms with Crippen LogP contribution in [0.5, 0.6) is 0 Å². The van der Waals surface area contributed by atoms with Gasteiger partial charge in [0.15, 0.2) is 11.4 Å². The molecule has 0 radical (unpaired) electrons. The summed E-state index contributed by atoms with van der Waals surface area (Å²) in [6, 6.07) is 10.3. The summed E-state index contributed by atoms with van der Waals surface area (Å²) in [5.41, 5.74) is 10.7. The van der Waals surface area contributed by atoms with Gasteiger partial charge in [0.1, 0.15) is 5.76 Å². The number of nitrogens with two attached hydrogens (primary N) is 1. The molecule has 1 amide bonds. The molecule has 1 saturated heterocycles. The lowest BCUT2D eigenvalue weighted by atomic mass is 10.0. The minimum Gasteiger partial charge on any atom is -0.452 e. The van der Waals surface area contributed by atoms with Gasteiger partial charge in [-0.1, -0.05) is 24.3 Å². The average Bonchev–Trinajstić information content (AvgIpc) is 3.48. The molecule has 0 bridgehead atoms. The molecule has 1 aliphatic heterocycles. The Kier molecular flexibility index (Phi) is 4.91. The molecule has 0 aliphatic carbocycles. The minimum absolute atomic E-state index is 0.217. The van der Waals surface area contributed by atoms with Gasteiger partial charge >= 0.3 is 0 Å². The van der Waals surface area contributed by atoms with Gasteiger partial charge in [-0.3, -0.25) is 9.48 Å². The molecular weight excluding hydrogens is 402 g/mol. The van der Waals surface area contributed by atoms with Crippen molar-refractivity contribution >= 4 is 22.7 Å². The molecule has 0 unspecified atom stereocenters. The van der Waals surface area contributed by atoms with Crippen molar-refractivity contribution in [1.29, 1.82) is 0 Å². The lowest BCUT2D eigenvalue weighted by Crippen LogP contribution is -2.38. The van der Waals surface area contributed by atoms with Crippen LogP contribution in [-0.4, -0.2) is 38.7 Å². The maximum Gasteiger partial charge on any atom is 0.298 e. The molecule has 32 heavy (non-hydrogen) atoms. The topological polar surface area (TPSA) is 90.2 Å². The normalized spacial score (nSPS) is 14.6. The van der Waals surface area contributed by atoms with Crippen molar-refractivity contribution in [3.63, 3.8) is 0 Å². The number of nitrogen functional groups attached to an aromatic ring is 1. The van der Waals surface area contributed by atoms with E-state index in [0.717, 1.165) is 46.2 Å². The highest BCUT2D eigenvalue weighted by Gasteiger charge is 2.24. The molecule has 160 valence electrons. The van der Waals surface area contributed by atoms with Crippen LogP contribution in [0.25, 0.3) is 33.4 Å². The van der Waals surface area contributed by atoms with Gasteiger partial charge in [0.05, 0.1) is 12.2 Å². The van der Waals surface area contributed by atoms with Crippen molar-refractivity contribution in [3.8, 4) is 34.8 Å². The van der Waals surface area contributed by atoms with Crippen LogP contribution in [0.3, 0.4) is 0 Å². The number of amides is 1. The van der Waals surface area contributed by atoms with E-state index in [9.17, 15) is 4.79 Å². The summed E-state index contributed by atoms with van der Waals surface area (Å²) >= 11 is 0. The molecule has 0 saturated carbocycles. The fourth-order valence-electron chi connectivity index (χ4n) is 4.36. The van der Waals surface area contributed by atoms with Crippen LogP contribution in [0.2, 0.25) is 0 Å². The second kappa shape index (κ2) is 7.89. The number of anilines is 1. The van der Waals surface area contributed by atoms with Gasteiger partial charge in [-0.25, -0.2) is 4.98 Å². The predicted octanol–water partition coefficient (Wildman–Crippen LogP) is 4.05. The van der Waals surface area contributed by atoms with Gasteiger partial charge in [0.2, 0.25) is 0 Å². The van der Waals surface area contributed by atoms with Crippen LogP contribution in [0.4, 0.5) is 5.82 Å². The summed E-state index contributed by atoms with van der Waals surface area (Å²) in [5.74, 6) is 3.07. The van der Waals surface area contributed by atoms with Crippen molar-refractivity contribution in [1.82, 2.24) is 19.7 Å². The molecule has 7 heteroatoms. The fraction of sp³-hybridized carbons (Fsp3) is 0.240. The van der Waals surface area contributed by atoms with Crippen LogP contribution in [0.15, 0.2) is 53.3 Å². The first-order chi connectivity index (χ1) is 15.5. The molecule has 1 fully saturated rings. The first-order valence-electron chi connectivity index (χ1n) is 10.6. The molecule has 1 aromatic carbocycles. The summed E-state index contributed by atoms with van der Waals surface area (Å²) in [6.07, 6.45) is 12.5. The van der Waals surface area contributed by atoms with Crippen molar-refractivity contribution < 1.29 is 9.21 Å². The zero-order valence-corrected chi connectivity index (χ0v) is 17.8. The lowest BCUT2D eigenvalue weighted by Gasteiger charge is -2.30. The Labute approximate surface area is 185 Å². The highest BCUT2D eigenvalue weighted by Crippen LogP contribution is 2.37. The molecule has 5 rings (SSSR count). The van der Waals surface area contributed by atoms with Gasteiger partial charge in [0.25, 0.3) is 5.91 Å². The maximum atomic E-state index is 11.7. The lowest BCUT2D eigenvalue weighted by molar-refractivity contribution is -0.126. The zero-order valence-electron chi connectivity index (χ0n) is 17.8. The quantitative estimate of drug-likeness (QED) is 0.500. The number of aryl methyl sites for hydroxylation is 1. The number of piperidine rings is 1. The van der Waals surface area contributed by atoms with E-state index in [4.69, 9.17) is 16.6 Å². The molecule has 0 spiro atoms. The van der Waals surface area contributed by atoms with Crippen LogP contribution in [0, 0.1) is 19.3 Å². The van der Waals surface area contributed by atoms with E-state index in [1.54, 1.807) is 11.1 Å². The van der Waals surface area contributed by atoms with Gasteiger partial charge in [-0.2, -0.15) is 5.10 Å². The molecule has 0 atom stereocenters. The van der Waals surface area contributed by atoms with Crippen LogP contribution >= 0.6 is 0 Å². The fourth-order valence-corrected chi connectivity index (χ4v) is 4.36. The van der Waals surface area contributed by atoms with Gasteiger partial charge in [-0.05, 0) is 37.3 Å². The van der Waals surface area contributed by atoms with Crippen LogP contribution in [0.1, 0.15) is 24.4 Å². The van der Waals surface area contributed by atoms with Gasteiger partial charge in [0, 0.05) is 47.6 Å². The van der Waals surface area contributed by atoms with Gasteiger partial charge in [-0.15, -0.1) is 6.42 Å². The third kappa shape index (κ3) is 3.40. The van der Waals surface area contributed by atoms with Crippen molar-refractivity contribution in [2.45, 2.75) is 25.8 Å². The highest BCUT2D eigenvalue weighted by molar-refractivity contribution is 6.00. The van der Waals surface area contributed by atoms with Crippen molar-refractivity contribution in [3.05, 3.63) is 54.5 Å². The van der Waals surface area contributed by atoms with Gasteiger partial charge < -0.3 is 15.1 Å². The Morgan fingerprint density at radius 1 is 1.22 bits per heavy atom. The standard InChI is InChI=1S/C25H23N5O2/c1-3-23(31)29-10-8-18(9-11-29)30-15-17(13-28-30)21-14-27-25(26)24-20(21)12-22(32-24)19-7-5-4-6-16(19)2/h1,4-7,12-15,18H,8-11H2,2H3,(H2,26,27). The Balaban J connectivity index is 1.47. The van der Waals surface area contributed by atoms with Crippen LogP contribution < -0.4 is 5.73 Å². The number of benzene rings is 1. The maximum absolute atomic E-state index is 11.7. The van der Waals surface area contributed by atoms with E-state index in [2.05, 4.69) is 29.0 Å². The first-order valence-corrected chi connectivity index (χ1v) is 10.6. The molecule has 4 aromatic rings. The molecule has 1 aliphatic rings. The van der Waals surface area contributed by atoms with E-state index in [1.165, 1.54) is 0 Å². The third-order valence-corrected chi connectivity index (χ3v) is 6.16. The second-order valence-electron chi connectivity index (χ2n) is 8.10. The van der Waals surface area contributed by atoms with E-state index >= 15 is 0 Å². The number of pyridine rings is 1. The van der Waals surface area contributed by atoms with E-state index < -0.39 is 0 Å². The highest BCUT2D eigenvalue weighted by atomic mass is 16.3. The Morgan fingerprint density at radius 2 is 2.00 bits per heavy atom. The molecule has 4 heterocycles. The monoisotopic (exact) mass is 425 g/mol. The average molecular weight is 425 g/mol. The number of rotatable bonds is 3. The van der Waals surface area contributed by atoms with E-state index in [0.29, 0.717) is 24.5 Å². The summed E-state index contributed by atoms with van der Waals surface area (Å²) in [6.45, 7) is 3.33. The summed E-state index contributed by atoms with van der Waals surface area (Å²) in [7, 11) is 0. The second-order valence-corrected chi connectivity index (χ2v) is 8.10. The zero-order chi connectivity index (χ0) is 22.2. The smallest absolute Gasteiger partial charge is 0.298 e. The number of fused-ring (bicyclic) bond motifs is 1. The summed E-state index contributed by atoms with van der Waals surface area (Å²) in [4.78, 5) is 17.8.